The van der Waals surface area contributed by atoms with Crippen LogP contribution in [0, 0.1) is 17.0 Å². The molecule has 0 unspecified atom stereocenters. The Balaban J connectivity index is 1.49. The number of benzene rings is 3. The van der Waals surface area contributed by atoms with Gasteiger partial charge in [0, 0.05) is 11.6 Å². The van der Waals surface area contributed by atoms with Crippen LogP contribution in [0.15, 0.2) is 87.6 Å². The van der Waals surface area contributed by atoms with Gasteiger partial charge in [-0.3, -0.25) is 14.9 Å². The highest BCUT2D eigenvalue weighted by Gasteiger charge is 2.24. The zero-order chi connectivity index (χ0) is 24.3. The van der Waals surface area contributed by atoms with E-state index in [0.717, 1.165) is 6.07 Å². The van der Waals surface area contributed by atoms with E-state index in [1.807, 2.05) is 30.3 Å². The lowest BCUT2D eigenvalue weighted by Crippen LogP contribution is -2.19. The van der Waals surface area contributed by atoms with Crippen molar-refractivity contribution in [3.8, 4) is 5.75 Å². The zero-order valence-electron chi connectivity index (χ0n) is 17.7. The maximum absolute atomic E-state index is 12.6. The van der Waals surface area contributed by atoms with Crippen molar-refractivity contribution in [2.45, 2.75) is 11.8 Å². The molecule has 0 atom stereocenters. The summed E-state index contributed by atoms with van der Waals surface area (Å²) in [4.78, 5) is 27.2. The Bertz CT molecular complexity index is 1430. The molecule has 1 saturated heterocycles. The van der Waals surface area contributed by atoms with Gasteiger partial charge < -0.3 is 9.50 Å². The summed E-state index contributed by atoms with van der Waals surface area (Å²) in [7, 11) is -4.27. The third kappa shape index (κ3) is 5.33. The van der Waals surface area contributed by atoms with Crippen molar-refractivity contribution in [2.24, 2.45) is 4.99 Å². The van der Waals surface area contributed by atoms with E-state index in [2.05, 4.69) is 10.3 Å². The fourth-order valence-electron chi connectivity index (χ4n) is 2.99. The van der Waals surface area contributed by atoms with Crippen LogP contribution >= 0.6 is 11.8 Å². The predicted octanol–water partition coefficient (Wildman–Crippen LogP) is 4.56. The van der Waals surface area contributed by atoms with Gasteiger partial charge in [0.25, 0.3) is 11.6 Å². The topological polar surface area (TPSA) is 128 Å². The molecule has 3 aromatic rings. The average Bonchev–Trinajstić information content (AvgIpc) is 3.14. The third-order valence-electron chi connectivity index (χ3n) is 4.69. The van der Waals surface area contributed by atoms with E-state index in [1.165, 1.54) is 43.0 Å². The minimum atomic E-state index is -4.27. The van der Waals surface area contributed by atoms with E-state index in [9.17, 15) is 23.3 Å². The van der Waals surface area contributed by atoms with Crippen LogP contribution in [0.25, 0.3) is 6.08 Å². The lowest BCUT2D eigenvalue weighted by atomic mass is 10.2. The largest absolute Gasteiger partial charge is 0.379 e. The van der Waals surface area contributed by atoms with E-state index >= 15 is 0 Å². The maximum Gasteiger partial charge on any atom is 0.339 e. The lowest BCUT2D eigenvalue weighted by Gasteiger charge is -2.08. The highest BCUT2D eigenvalue weighted by molar-refractivity contribution is 8.18. The molecule has 1 fully saturated rings. The summed E-state index contributed by atoms with van der Waals surface area (Å²) in [6.45, 7) is 1.52. The summed E-state index contributed by atoms with van der Waals surface area (Å²) in [6.07, 6.45) is 1.65. The fourth-order valence-corrected chi connectivity index (χ4v) is 4.78. The standard InChI is InChI=1S/C23H17N3O6S2/c1-15-7-12-19(14-20(15)26(28)29)34(30,31)32-18-10-8-16(9-11-18)13-21-22(27)25-23(33-21)24-17-5-3-2-4-6-17/h2-14H,1H3,(H,24,25,27)/b21-13-. The van der Waals surface area contributed by atoms with Gasteiger partial charge in [-0.05, 0) is 60.7 Å². The summed E-state index contributed by atoms with van der Waals surface area (Å²) in [6, 6.07) is 18.8. The third-order valence-corrected chi connectivity index (χ3v) is 6.84. The van der Waals surface area contributed by atoms with Gasteiger partial charge in [-0.25, -0.2) is 4.99 Å². The molecule has 172 valence electrons. The van der Waals surface area contributed by atoms with Crippen molar-refractivity contribution >= 4 is 50.4 Å². The van der Waals surface area contributed by atoms with Crippen molar-refractivity contribution in [1.82, 2.24) is 5.32 Å². The number of thioether (sulfide) groups is 1. The zero-order valence-corrected chi connectivity index (χ0v) is 19.3. The van der Waals surface area contributed by atoms with Crippen LogP contribution in [0.1, 0.15) is 11.1 Å². The van der Waals surface area contributed by atoms with Crippen LogP contribution in [0.3, 0.4) is 0 Å². The normalized spacial score (nSPS) is 16.0. The first-order valence-electron chi connectivity index (χ1n) is 9.85. The molecule has 11 heteroatoms. The van der Waals surface area contributed by atoms with Gasteiger partial charge in [-0.2, -0.15) is 8.42 Å². The second kappa shape index (κ2) is 9.49. The van der Waals surface area contributed by atoms with Crippen molar-refractivity contribution < 1.29 is 22.3 Å². The lowest BCUT2D eigenvalue weighted by molar-refractivity contribution is -0.385. The Hall–Kier alpha value is -3.96. The fraction of sp³-hybridized carbons (Fsp3) is 0.0435. The SMILES string of the molecule is Cc1ccc(S(=O)(=O)Oc2ccc(/C=C3\SC(=Nc4ccccc4)NC3=O)cc2)cc1[N+](=O)[O-]. The number of nitro benzene ring substituents is 1. The van der Waals surface area contributed by atoms with Gasteiger partial charge in [0.05, 0.1) is 15.5 Å². The molecular formula is C23H17N3O6S2. The molecule has 0 saturated carbocycles. The first kappa shape index (κ1) is 23.2. The molecule has 1 aliphatic rings. The number of hydrogen-bond acceptors (Lipinski definition) is 8. The van der Waals surface area contributed by atoms with Gasteiger partial charge in [0.1, 0.15) is 10.6 Å². The summed E-state index contributed by atoms with van der Waals surface area (Å²) < 4.78 is 30.2. The predicted molar refractivity (Wildman–Crippen MR) is 129 cm³/mol. The second-order valence-electron chi connectivity index (χ2n) is 7.13. The van der Waals surface area contributed by atoms with E-state index in [4.69, 9.17) is 4.18 Å². The molecule has 1 amide bonds. The number of amidine groups is 1. The molecule has 0 bridgehead atoms. The number of amides is 1. The van der Waals surface area contributed by atoms with Gasteiger partial charge in [0.15, 0.2) is 5.17 Å². The van der Waals surface area contributed by atoms with Crippen LogP contribution < -0.4 is 9.50 Å². The summed E-state index contributed by atoms with van der Waals surface area (Å²) in [5.41, 5.74) is 1.39. The van der Waals surface area contributed by atoms with Crippen LogP contribution in [-0.2, 0) is 14.9 Å². The molecule has 1 N–H and O–H groups in total. The minimum Gasteiger partial charge on any atom is -0.379 e. The van der Waals surface area contributed by atoms with Gasteiger partial charge in [-0.15, -0.1) is 0 Å². The number of hydrogen-bond donors (Lipinski definition) is 1. The quantitative estimate of drug-likeness (QED) is 0.230. The average molecular weight is 496 g/mol. The molecule has 0 aliphatic carbocycles. The number of nitrogens with zero attached hydrogens (tertiary/aromatic N) is 2. The molecule has 3 aromatic carbocycles. The number of aryl methyl sites for hydroxylation is 1. The molecule has 9 nitrogen and oxygen atoms in total. The number of aliphatic imine (C=N–C) groups is 1. The smallest absolute Gasteiger partial charge is 0.339 e. The van der Waals surface area contributed by atoms with E-state index in [1.54, 1.807) is 18.2 Å². The van der Waals surface area contributed by atoms with Gasteiger partial charge in [-0.1, -0.05) is 36.4 Å². The van der Waals surface area contributed by atoms with Crippen LogP contribution in [0.5, 0.6) is 5.75 Å². The Kier molecular flexibility index (Phi) is 6.48. The summed E-state index contributed by atoms with van der Waals surface area (Å²) >= 11 is 1.19. The highest BCUT2D eigenvalue weighted by atomic mass is 32.2. The van der Waals surface area contributed by atoms with Crippen molar-refractivity contribution in [3.63, 3.8) is 0 Å². The molecule has 34 heavy (non-hydrogen) atoms. The van der Waals surface area contributed by atoms with Gasteiger partial charge >= 0.3 is 10.1 Å². The number of para-hydroxylation sites is 1. The first-order valence-corrected chi connectivity index (χ1v) is 12.1. The monoisotopic (exact) mass is 495 g/mol. The summed E-state index contributed by atoms with van der Waals surface area (Å²) in [5, 5.41) is 14.3. The number of carbonyl (C=O) groups is 1. The number of nitrogens with one attached hydrogen (secondary N) is 1. The van der Waals surface area contributed by atoms with Crippen LogP contribution in [-0.4, -0.2) is 24.4 Å². The van der Waals surface area contributed by atoms with E-state index in [-0.39, 0.29) is 22.2 Å². The Morgan fingerprint density at radius 3 is 2.44 bits per heavy atom. The van der Waals surface area contributed by atoms with Crippen molar-refractivity contribution in [3.05, 3.63) is 98.9 Å². The number of nitro groups is 1. The molecular weight excluding hydrogens is 478 g/mol. The molecule has 0 spiro atoms. The number of carbonyl (C=O) groups excluding carboxylic acids is 1. The molecule has 0 radical (unpaired) electrons. The molecule has 1 aliphatic heterocycles. The Morgan fingerprint density at radius 2 is 1.76 bits per heavy atom. The molecule has 0 aromatic heterocycles. The Labute approximate surface area is 199 Å². The first-order chi connectivity index (χ1) is 16.2. The molecule has 4 rings (SSSR count). The Morgan fingerprint density at radius 1 is 1.06 bits per heavy atom. The van der Waals surface area contributed by atoms with Gasteiger partial charge in [0.2, 0.25) is 0 Å². The van der Waals surface area contributed by atoms with E-state index < -0.39 is 15.0 Å². The summed E-state index contributed by atoms with van der Waals surface area (Å²) in [5.74, 6) is -0.260. The van der Waals surface area contributed by atoms with Crippen LogP contribution in [0.2, 0.25) is 0 Å². The maximum atomic E-state index is 12.6. The number of rotatable bonds is 6. The highest BCUT2D eigenvalue weighted by Crippen LogP contribution is 2.29. The van der Waals surface area contributed by atoms with E-state index in [0.29, 0.717) is 26.9 Å². The van der Waals surface area contributed by atoms with Crippen molar-refractivity contribution in [1.29, 1.82) is 0 Å². The minimum absolute atomic E-state index is 0.0280. The second-order valence-corrected chi connectivity index (χ2v) is 9.71. The van der Waals surface area contributed by atoms with Crippen molar-refractivity contribution in [2.75, 3.05) is 0 Å². The molecule has 1 heterocycles. The van der Waals surface area contributed by atoms with Crippen LogP contribution in [0.4, 0.5) is 11.4 Å².